The average molecular weight is 315 g/mol. The number of fused-ring (bicyclic) bond motifs is 1. The minimum Gasteiger partial charge on any atom is -1.00 e. The first kappa shape index (κ1) is 12.2. The van der Waals surface area contributed by atoms with Crippen molar-refractivity contribution in [2.45, 2.75) is 19.9 Å². The fourth-order valence-electron chi connectivity index (χ4n) is 1.71. The molecule has 0 spiro atoms. The summed E-state index contributed by atoms with van der Waals surface area (Å²) in [5, 5.41) is 10.9. The zero-order valence-corrected chi connectivity index (χ0v) is 11.0. The van der Waals surface area contributed by atoms with Gasteiger partial charge in [0.15, 0.2) is 18.0 Å². The summed E-state index contributed by atoms with van der Waals surface area (Å²) in [6, 6.07) is 9.96. The van der Waals surface area contributed by atoms with Crippen molar-refractivity contribution in [1.82, 2.24) is 0 Å². The third-order valence-electron chi connectivity index (χ3n) is 2.38. The van der Waals surface area contributed by atoms with Crippen molar-refractivity contribution in [3.63, 3.8) is 0 Å². The average Bonchev–Trinajstić information content (AvgIpc) is 2.17. The van der Waals surface area contributed by atoms with Crippen LogP contribution in [0.15, 0.2) is 36.5 Å². The zero-order valence-electron chi connectivity index (χ0n) is 8.81. The lowest BCUT2D eigenvalue weighted by molar-refractivity contribution is -0.691. The topological polar surface area (TPSA) is 24.1 Å². The summed E-state index contributed by atoms with van der Waals surface area (Å²) in [7, 11) is 0. The van der Waals surface area contributed by atoms with Crippen LogP contribution in [0, 0.1) is 0 Å². The Labute approximate surface area is 107 Å². The van der Waals surface area contributed by atoms with Crippen molar-refractivity contribution in [2.24, 2.45) is 0 Å². The minimum atomic E-state index is 0. The summed E-state index contributed by atoms with van der Waals surface area (Å²) >= 11 is 0. The van der Waals surface area contributed by atoms with Crippen LogP contribution in [0.4, 0.5) is 0 Å². The van der Waals surface area contributed by atoms with Gasteiger partial charge in [0.25, 0.3) is 5.52 Å². The lowest BCUT2D eigenvalue weighted by Gasteiger charge is -2.04. The molecule has 0 amide bonds. The van der Waals surface area contributed by atoms with E-state index in [1.807, 2.05) is 30.5 Å². The number of phenolic OH excluding ortho intramolecular Hbond substituents is 1. The van der Waals surface area contributed by atoms with E-state index in [2.05, 4.69) is 18.4 Å². The van der Waals surface area contributed by atoms with Crippen LogP contribution in [-0.2, 0) is 0 Å². The summed E-state index contributed by atoms with van der Waals surface area (Å²) < 4.78 is 2.07. The zero-order chi connectivity index (χ0) is 10.1. The molecular weight excluding hydrogens is 301 g/mol. The normalized spacial score (nSPS) is 10.3. The predicted octanol–water partition coefficient (Wildman–Crippen LogP) is -0.582. The summed E-state index contributed by atoms with van der Waals surface area (Å²) in [5.41, 5.74) is 0.907. The summed E-state index contributed by atoms with van der Waals surface area (Å²) in [5.74, 6) is 0.344. The molecule has 0 unspecified atom stereocenters. The number of hydrogen-bond acceptors (Lipinski definition) is 1. The number of benzene rings is 1. The fraction of sp³-hybridized carbons (Fsp3) is 0.250. The molecule has 0 radical (unpaired) electrons. The minimum absolute atomic E-state index is 0. The lowest BCUT2D eigenvalue weighted by atomic mass is 10.2. The number of para-hydroxylation sites is 1. The van der Waals surface area contributed by atoms with Gasteiger partial charge in [-0.25, -0.2) is 0 Å². The number of halogens is 1. The highest BCUT2D eigenvalue weighted by Crippen LogP contribution is 2.21. The molecule has 80 valence electrons. The molecule has 0 bridgehead atoms. The molecule has 2 rings (SSSR count). The molecule has 0 fully saturated rings. The second kappa shape index (κ2) is 4.79. The predicted molar refractivity (Wildman–Crippen MR) is 56.2 cm³/mol. The highest BCUT2D eigenvalue weighted by Gasteiger charge is 2.14. The number of aromatic hydroxyl groups is 1. The quantitative estimate of drug-likeness (QED) is 0.553. The number of rotatable bonds is 1. The number of pyridine rings is 1. The molecule has 0 saturated carbocycles. The largest absolute Gasteiger partial charge is 1.00 e. The van der Waals surface area contributed by atoms with E-state index in [9.17, 15) is 5.11 Å². The number of nitrogens with zero attached hydrogens (tertiary/aromatic N) is 1. The van der Waals surface area contributed by atoms with Gasteiger partial charge in [-0.05, 0) is 32.0 Å². The van der Waals surface area contributed by atoms with Gasteiger partial charge in [-0.2, -0.15) is 4.57 Å². The van der Waals surface area contributed by atoms with Crippen LogP contribution in [0.1, 0.15) is 19.9 Å². The van der Waals surface area contributed by atoms with Gasteiger partial charge in [-0.15, -0.1) is 0 Å². The van der Waals surface area contributed by atoms with Gasteiger partial charge in [0.1, 0.15) is 0 Å². The SMILES string of the molecule is CC(C)[n+]1cccc2cccc(O)c21.[I-]. The van der Waals surface area contributed by atoms with E-state index in [0.29, 0.717) is 11.8 Å². The molecular formula is C12H14INO. The van der Waals surface area contributed by atoms with Gasteiger partial charge in [0.2, 0.25) is 0 Å². The third-order valence-corrected chi connectivity index (χ3v) is 2.38. The van der Waals surface area contributed by atoms with Crippen molar-refractivity contribution in [3.8, 4) is 5.75 Å². The first-order chi connectivity index (χ1) is 6.70. The second-order valence-corrected chi connectivity index (χ2v) is 3.72. The van der Waals surface area contributed by atoms with Crippen molar-refractivity contribution in [3.05, 3.63) is 36.5 Å². The maximum absolute atomic E-state index is 9.78. The molecule has 2 aromatic rings. The lowest BCUT2D eigenvalue weighted by Crippen LogP contribution is -3.00. The molecule has 0 aliphatic carbocycles. The maximum Gasteiger partial charge on any atom is 0.254 e. The fourth-order valence-corrected chi connectivity index (χ4v) is 1.71. The Morgan fingerprint density at radius 3 is 2.47 bits per heavy atom. The number of aromatic nitrogens is 1. The number of hydrogen-bond donors (Lipinski definition) is 1. The van der Waals surface area contributed by atoms with E-state index in [1.54, 1.807) is 6.07 Å². The Balaban J connectivity index is 0.00000112. The highest BCUT2D eigenvalue weighted by molar-refractivity contribution is 5.80. The van der Waals surface area contributed by atoms with Gasteiger partial charge in [0.05, 0.1) is 5.39 Å². The summed E-state index contributed by atoms with van der Waals surface area (Å²) in [4.78, 5) is 0. The molecule has 2 nitrogen and oxygen atoms in total. The molecule has 0 aliphatic rings. The van der Waals surface area contributed by atoms with E-state index in [-0.39, 0.29) is 24.0 Å². The molecule has 3 heteroatoms. The molecule has 0 saturated heterocycles. The first-order valence-corrected chi connectivity index (χ1v) is 4.82. The van der Waals surface area contributed by atoms with Crippen molar-refractivity contribution in [2.75, 3.05) is 0 Å². The van der Waals surface area contributed by atoms with Crippen LogP contribution in [0.3, 0.4) is 0 Å². The standard InChI is InChI=1S/C12H13NO.HI/c1-9(2)13-8-4-6-10-5-3-7-11(14)12(10)13;/h3-9H,1-2H3;1H. The van der Waals surface area contributed by atoms with Crippen LogP contribution >= 0.6 is 0 Å². The summed E-state index contributed by atoms with van der Waals surface area (Å²) in [6.45, 7) is 4.21. The molecule has 0 aliphatic heterocycles. The highest BCUT2D eigenvalue weighted by atomic mass is 127. The van der Waals surface area contributed by atoms with Crippen LogP contribution in [-0.4, -0.2) is 5.11 Å². The van der Waals surface area contributed by atoms with Crippen molar-refractivity contribution < 1.29 is 33.7 Å². The Morgan fingerprint density at radius 1 is 1.13 bits per heavy atom. The van der Waals surface area contributed by atoms with E-state index in [0.717, 1.165) is 10.9 Å². The van der Waals surface area contributed by atoms with Crippen molar-refractivity contribution in [1.29, 1.82) is 0 Å². The molecule has 1 N–H and O–H groups in total. The van der Waals surface area contributed by atoms with Gasteiger partial charge >= 0.3 is 0 Å². The molecule has 1 aromatic carbocycles. The van der Waals surface area contributed by atoms with E-state index in [4.69, 9.17) is 0 Å². The number of phenols is 1. The van der Waals surface area contributed by atoms with Gasteiger partial charge in [-0.1, -0.05) is 6.07 Å². The Hall–Kier alpha value is -0.840. The van der Waals surface area contributed by atoms with Gasteiger partial charge in [-0.3, -0.25) is 0 Å². The monoisotopic (exact) mass is 315 g/mol. The molecule has 0 atom stereocenters. The Kier molecular flexibility index (Phi) is 3.90. The van der Waals surface area contributed by atoms with E-state index < -0.39 is 0 Å². The smallest absolute Gasteiger partial charge is 0.254 e. The first-order valence-electron chi connectivity index (χ1n) is 4.82. The Bertz CT molecular complexity index is 463. The third kappa shape index (κ3) is 2.22. The van der Waals surface area contributed by atoms with Crippen LogP contribution < -0.4 is 28.5 Å². The molecule has 15 heavy (non-hydrogen) atoms. The van der Waals surface area contributed by atoms with Crippen LogP contribution in [0.5, 0.6) is 5.75 Å². The van der Waals surface area contributed by atoms with Gasteiger partial charge in [0, 0.05) is 6.07 Å². The molecule has 1 heterocycles. The van der Waals surface area contributed by atoms with Crippen LogP contribution in [0.2, 0.25) is 0 Å². The van der Waals surface area contributed by atoms with Crippen molar-refractivity contribution >= 4 is 10.9 Å². The van der Waals surface area contributed by atoms with Gasteiger partial charge < -0.3 is 29.1 Å². The second-order valence-electron chi connectivity index (χ2n) is 3.72. The van der Waals surface area contributed by atoms with E-state index in [1.165, 1.54) is 0 Å². The van der Waals surface area contributed by atoms with Crippen LogP contribution in [0.25, 0.3) is 10.9 Å². The Morgan fingerprint density at radius 2 is 1.80 bits per heavy atom. The molecule has 1 aromatic heterocycles. The maximum atomic E-state index is 9.78. The summed E-state index contributed by atoms with van der Waals surface area (Å²) in [6.07, 6.45) is 1.99. The van der Waals surface area contributed by atoms with E-state index >= 15 is 0 Å².